The lowest BCUT2D eigenvalue weighted by molar-refractivity contribution is -0.130. The van der Waals surface area contributed by atoms with Crippen LogP contribution in [0.5, 0.6) is 0 Å². The Hall–Kier alpha value is -1.00. The molecule has 2 aliphatic rings. The number of nitrogens with one attached hydrogen (secondary N) is 1. The van der Waals surface area contributed by atoms with Crippen molar-refractivity contribution in [2.45, 2.75) is 25.3 Å². The monoisotopic (exact) mass is 304 g/mol. The predicted octanol–water partition coefficient (Wildman–Crippen LogP) is 2.17. The van der Waals surface area contributed by atoms with E-state index in [-0.39, 0.29) is 0 Å². The summed E-state index contributed by atoms with van der Waals surface area (Å²) >= 11 is 1.96. The zero-order valence-electron chi connectivity index (χ0n) is 12.5. The number of benzene rings is 1. The maximum atomic E-state index is 12.4. The highest BCUT2D eigenvalue weighted by atomic mass is 32.2. The summed E-state index contributed by atoms with van der Waals surface area (Å²) in [7, 11) is 0. The Kier molecular flexibility index (Phi) is 5.20. The lowest BCUT2D eigenvalue weighted by Crippen LogP contribution is -2.42. The minimum atomic E-state index is 0.338. The lowest BCUT2D eigenvalue weighted by Gasteiger charge is -2.25. The van der Waals surface area contributed by atoms with Crippen molar-refractivity contribution in [2.24, 2.45) is 5.92 Å². The molecule has 1 amide bonds. The minimum Gasteiger partial charge on any atom is -0.342 e. The number of hydrogen-bond donors (Lipinski definition) is 1. The second kappa shape index (κ2) is 7.32. The summed E-state index contributed by atoms with van der Waals surface area (Å²) in [6.07, 6.45) is 2.92. The Morgan fingerprint density at radius 1 is 1.33 bits per heavy atom. The number of carbonyl (C=O) groups is 1. The average Bonchev–Trinajstić information content (AvgIpc) is 2.98. The maximum absolute atomic E-state index is 12.4. The largest absolute Gasteiger partial charge is 0.342 e. The molecule has 4 heteroatoms. The van der Waals surface area contributed by atoms with Crippen LogP contribution in [0.2, 0.25) is 0 Å². The first-order valence-electron chi connectivity index (χ1n) is 7.94. The van der Waals surface area contributed by atoms with Crippen LogP contribution in [0.25, 0.3) is 0 Å². The van der Waals surface area contributed by atoms with Crippen molar-refractivity contribution in [1.29, 1.82) is 0 Å². The maximum Gasteiger partial charge on any atom is 0.224 e. The molecule has 3 rings (SSSR count). The molecule has 3 nitrogen and oxygen atoms in total. The van der Waals surface area contributed by atoms with Crippen molar-refractivity contribution in [3.63, 3.8) is 0 Å². The highest BCUT2D eigenvalue weighted by Gasteiger charge is 2.28. The van der Waals surface area contributed by atoms with E-state index >= 15 is 0 Å². The van der Waals surface area contributed by atoms with Gasteiger partial charge >= 0.3 is 0 Å². The average molecular weight is 304 g/mol. The molecule has 2 saturated heterocycles. The van der Waals surface area contributed by atoms with Crippen LogP contribution in [0, 0.1) is 5.92 Å². The van der Waals surface area contributed by atoms with Gasteiger partial charge in [0.1, 0.15) is 0 Å². The normalized spacial score (nSPS) is 26.0. The molecule has 0 aromatic heterocycles. The summed E-state index contributed by atoms with van der Waals surface area (Å²) in [6.45, 7) is 2.92. The van der Waals surface area contributed by atoms with Crippen LogP contribution in [0.15, 0.2) is 30.3 Å². The van der Waals surface area contributed by atoms with Gasteiger partial charge in [0.15, 0.2) is 0 Å². The molecule has 0 bridgehead atoms. The fourth-order valence-electron chi connectivity index (χ4n) is 3.26. The standard InChI is InChI=1S/C17H24N2OS/c20-17(11-16-13-21-9-7-18-16)19-8-6-15(12-19)10-14-4-2-1-3-5-14/h1-5,15-16,18H,6-13H2. The van der Waals surface area contributed by atoms with Crippen molar-refractivity contribution in [3.05, 3.63) is 35.9 Å². The van der Waals surface area contributed by atoms with E-state index < -0.39 is 0 Å². The van der Waals surface area contributed by atoms with Gasteiger partial charge < -0.3 is 10.2 Å². The van der Waals surface area contributed by atoms with Crippen LogP contribution < -0.4 is 5.32 Å². The Labute approximate surface area is 131 Å². The van der Waals surface area contributed by atoms with Gasteiger partial charge in [-0.15, -0.1) is 0 Å². The SMILES string of the molecule is O=C(CC1CSCCN1)N1CCC(Cc2ccccc2)C1. The number of hydrogen-bond acceptors (Lipinski definition) is 3. The molecule has 2 unspecified atom stereocenters. The van der Waals surface area contributed by atoms with E-state index in [2.05, 4.69) is 40.5 Å². The van der Waals surface area contributed by atoms with Gasteiger partial charge in [0.25, 0.3) is 0 Å². The summed E-state index contributed by atoms with van der Waals surface area (Å²) in [5, 5.41) is 3.46. The summed E-state index contributed by atoms with van der Waals surface area (Å²) in [4.78, 5) is 14.5. The topological polar surface area (TPSA) is 32.3 Å². The van der Waals surface area contributed by atoms with E-state index in [1.807, 2.05) is 11.8 Å². The third-order valence-corrected chi connectivity index (χ3v) is 5.56. The number of amides is 1. The van der Waals surface area contributed by atoms with Gasteiger partial charge in [0.05, 0.1) is 0 Å². The van der Waals surface area contributed by atoms with E-state index in [9.17, 15) is 4.79 Å². The third-order valence-electron chi connectivity index (χ3n) is 4.43. The van der Waals surface area contributed by atoms with Crippen molar-refractivity contribution >= 4 is 17.7 Å². The molecule has 0 saturated carbocycles. The van der Waals surface area contributed by atoms with Crippen LogP contribution in [0.3, 0.4) is 0 Å². The fourth-order valence-corrected chi connectivity index (χ4v) is 4.21. The third kappa shape index (κ3) is 4.24. The number of rotatable bonds is 4. The van der Waals surface area contributed by atoms with E-state index in [0.717, 1.165) is 38.2 Å². The molecule has 0 aliphatic carbocycles. The van der Waals surface area contributed by atoms with Crippen molar-refractivity contribution in [2.75, 3.05) is 31.1 Å². The zero-order valence-corrected chi connectivity index (χ0v) is 13.3. The van der Waals surface area contributed by atoms with E-state index in [0.29, 0.717) is 24.3 Å². The van der Waals surface area contributed by atoms with E-state index in [1.54, 1.807) is 0 Å². The van der Waals surface area contributed by atoms with Gasteiger partial charge in [-0.05, 0) is 24.3 Å². The predicted molar refractivity (Wildman–Crippen MR) is 88.6 cm³/mol. The first-order valence-corrected chi connectivity index (χ1v) is 9.09. The second-order valence-electron chi connectivity index (χ2n) is 6.11. The van der Waals surface area contributed by atoms with Gasteiger partial charge in [0.2, 0.25) is 5.91 Å². The molecule has 2 atom stereocenters. The first-order chi connectivity index (χ1) is 10.3. The minimum absolute atomic E-state index is 0.338. The van der Waals surface area contributed by atoms with Gasteiger partial charge in [-0.25, -0.2) is 0 Å². The number of likely N-dealkylation sites (tertiary alicyclic amines) is 1. The van der Waals surface area contributed by atoms with Gasteiger partial charge in [0, 0.05) is 43.6 Å². The van der Waals surface area contributed by atoms with Crippen LogP contribution in [-0.2, 0) is 11.2 Å². The molecule has 1 N–H and O–H groups in total. The molecular weight excluding hydrogens is 280 g/mol. The Bertz CT molecular complexity index is 459. The molecule has 2 fully saturated rings. The van der Waals surface area contributed by atoms with Crippen LogP contribution in [-0.4, -0.2) is 48.0 Å². The smallest absolute Gasteiger partial charge is 0.224 e. The van der Waals surface area contributed by atoms with Crippen molar-refractivity contribution in [3.8, 4) is 0 Å². The lowest BCUT2D eigenvalue weighted by atomic mass is 9.99. The molecule has 2 heterocycles. The van der Waals surface area contributed by atoms with Crippen LogP contribution >= 0.6 is 11.8 Å². The molecule has 0 radical (unpaired) electrons. The van der Waals surface area contributed by atoms with E-state index in [4.69, 9.17) is 0 Å². The van der Waals surface area contributed by atoms with E-state index in [1.165, 1.54) is 11.3 Å². The summed E-state index contributed by atoms with van der Waals surface area (Å²) < 4.78 is 0. The molecular formula is C17H24N2OS. The molecule has 114 valence electrons. The van der Waals surface area contributed by atoms with Crippen LogP contribution in [0.1, 0.15) is 18.4 Å². The van der Waals surface area contributed by atoms with Crippen LogP contribution in [0.4, 0.5) is 0 Å². The highest BCUT2D eigenvalue weighted by Crippen LogP contribution is 2.22. The quantitative estimate of drug-likeness (QED) is 0.925. The molecule has 0 spiro atoms. The molecule has 2 aliphatic heterocycles. The Morgan fingerprint density at radius 2 is 2.19 bits per heavy atom. The first kappa shape index (κ1) is 14.9. The number of carbonyl (C=O) groups excluding carboxylic acids is 1. The van der Waals surface area contributed by atoms with Crippen molar-refractivity contribution in [1.82, 2.24) is 10.2 Å². The van der Waals surface area contributed by atoms with Gasteiger partial charge in [-0.2, -0.15) is 11.8 Å². The summed E-state index contributed by atoms with van der Waals surface area (Å²) in [5.41, 5.74) is 1.39. The number of thioether (sulfide) groups is 1. The van der Waals surface area contributed by atoms with Crippen molar-refractivity contribution < 1.29 is 4.79 Å². The fraction of sp³-hybridized carbons (Fsp3) is 0.588. The van der Waals surface area contributed by atoms with Gasteiger partial charge in [-0.1, -0.05) is 30.3 Å². The summed E-state index contributed by atoms with van der Waals surface area (Å²) in [6, 6.07) is 11.0. The zero-order chi connectivity index (χ0) is 14.5. The Balaban J connectivity index is 1.46. The Morgan fingerprint density at radius 3 is 2.95 bits per heavy atom. The number of nitrogens with zero attached hydrogens (tertiary/aromatic N) is 1. The summed E-state index contributed by atoms with van der Waals surface area (Å²) in [5.74, 6) is 3.22. The molecule has 1 aromatic rings. The second-order valence-corrected chi connectivity index (χ2v) is 7.26. The highest BCUT2D eigenvalue weighted by molar-refractivity contribution is 7.99. The molecule has 1 aromatic carbocycles. The molecule has 21 heavy (non-hydrogen) atoms. The van der Waals surface area contributed by atoms with Gasteiger partial charge in [-0.3, -0.25) is 4.79 Å².